The fourth-order valence-electron chi connectivity index (χ4n) is 1.69. The van der Waals surface area contributed by atoms with E-state index in [1.165, 1.54) is 0 Å². The van der Waals surface area contributed by atoms with Crippen molar-refractivity contribution in [3.05, 3.63) is 18.2 Å². The summed E-state index contributed by atoms with van der Waals surface area (Å²) in [7, 11) is 0. The van der Waals surface area contributed by atoms with Gasteiger partial charge in [-0.2, -0.15) is 0 Å². The number of carbonyl (C=O) groups excluding carboxylic acids is 1. The van der Waals surface area contributed by atoms with Crippen molar-refractivity contribution in [3.63, 3.8) is 0 Å². The molecule has 0 saturated heterocycles. The van der Waals surface area contributed by atoms with Crippen molar-refractivity contribution in [2.75, 3.05) is 19.8 Å². The number of hydrogen-bond donors (Lipinski definition) is 0. The van der Waals surface area contributed by atoms with Crippen LogP contribution in [0.2, 0.25) is 0 Å². The van der Waals surface area contributed by atoms with Crippen LogP contribution in [-0.2, 0) is 9.47 Å². The highest BCUT2D eigenvalue weighted by Gasteiger charge is 2.18. The van der Waals surface area contributed by atoms with Crippen molar-refractivity contribution in [3.8, 4) is 0 Å². The second kappa shape index (κ2) is 7.16. The molecule has 5 heteroatoms. The summed E-state index contributed by atoms with van der Waals surface area (Å²) in [6.45, 7) is 9.64. The topological polar surface area (TPSA) is 53.4 Å². The van der Waals surface area contributed by atoms with E-state index in [9.17, 15) is 4.79 Å². The van der Waals surface area contributed by atoms with Gasteiger partial charge < -0.3 is 14.0 Å². The molecule has 0 spiro atoms. The smallest absolute Gasteiger partial charge is 0.358 e. The Morgan fingerprint density at radius 2 is 2.11 bits per heavy atom. The summed E-state index contributed by atoms with van der Waals surface area (Å²) in [6.07, 6.45) is 3.39. The highest BCUT2D eigenvalue weighted by atomic mass is 16.5. The Balaban J connectivity index is 2.77. The zero-order valence-electron chi connectivity index (χ0n) is 11.5. The fraction of sp³-hybridized carbons (Fsp3) is 0.692. The summed E-state index contributed by atoms with van der Waals surface area (Å²) in [4.78, 5) is 15.6. The van der Waals surface area contributed by atoms with Crippen LogP contribution >= 0.6 is 0 Å². The Morgan fingerprint density at radius 3 is 2.67 bits per heavy atom. The third kappa shape index (κ3) is 3.84. The van der Waals surface area contributed by atoms with Crippen LogP contribution in [0.1, 0.15) is 44.2 Å². The van der Waals surface area contributed by atoms with E-state index in [4.69, 9.17) is 9.47 Å². The van der Waals surface area contributed by atoms with E-state index >= 15 is 0 Å². The number of nitrogens with zero attached hydrogens (tertiary/aromatic N) is 2. The molecule has 18 heavy (non-hydrogen) atoms. The second-order valence-electron chi connectivity index (χ2n) is 4.40. The van der Waals surface area contributed by atoms with Gasteiger partial charge in [-0.05, 0) is 19.8 Å². The lowest BCUT2D eigenvalue weighted by atomic mass is 10.1. The maximum Gasteiger partial charge on any atom is 0.358 e. The Morgan fingerprint density at radius 1 is 1.39 bits per heavy atom. The third-order valence-corrected chi connectivity index (χ3v) is 2.73. The van der Waals surface area contributed by atoms with Crippen LogP contribution < -0.4 is 0 Å². The maximum atomic E-state index is 11.5. The fourth-order valence-corrected chi connectivity index (χ4v) is 1.69. The van der Waals surface area contributed by atoms with Crippen molar-refractivity contribution < 1.29 is 14.3 Å². The SMILES string of the molecule is CCOCC(C(C)C)n1cnc(C(=O)OCC)c1. The quantitative estimate of drug-likeness (QED) is 0.701. The number of imidazole rings is 1. The van der Waals surface area contributed by atoms with E-state index in [1.807, 2.05) is 11.5 Å². The van der Waals surface area contributed by atoms with E-state index in [1.54, 1.807) is 19.4 Å². The number of carbonyl (C=O) groups is 1. The van der Waals surface area contributed by atoms with Crippen LogP contribution in [0.4, 0.5) is 0 Å². The number of ether oxygens (including phenoxy) is 2. The van der Waals surface area contributed by atoms with E-state index in [0.29, 0.717) is 31.4 Å². The van der Waals surface area contributed by atoms with Gasteiger partial charge in [0.15, 0.2) is 5.69 Å². The first-order chi connectivity index (χ1) is 8.60. The van der Waals surface area contributed by atoms with Crippen molar-refractivity contribution in [2.45, 2.75) is 33.7 Å². The monoisotopic (exact) mass is 254 g/mol. The zero-order chi connectivity index (χ0) is 13.5. The van der Waals surface area contributed by atoms with Gasteiger partial charge in [-0.15, -0.1) is 0 Å². The zero-order valence-corrected chi connectivity index (χ0v) is 11.5. The van der Waals surface area contributed by atoms with Crippen LogP contribution in [-0.4, -0.2) is 35.3 Å². The molecule has 1 unspecified atom stereocenters. The van der Waals surface area contributed by atoms with Gasteiger partial charge in [0.2, 0.25) is 0 Å². The van der Waals surface area contributed by atoms with E-state index in [0.717, 1.165) is 0 Å². The van der Waals surface area contributed by atoms with Crippen LogP contribution in [0.3, 0.4) is 0 Å². The molecule has 1 atom stereocenters. The molecule has 0 aliphatic heterocycles. The first-order valence-corrected chi connectivity index (χ1v) is 6.38. The van der Waals surface area contributed by atoms with Gasteiger partial charge in [0, 0.05) is 12.8 Å². The number of hydrogen-bond acceptors (Lipinski definition) is 4. The van der Waals surface area contributed by atoms with Gasteiger partial charge in [0.25, 0.3) is 0 Å². The minimum Gasteiger partial charge on any atom is -0.461 e. The summed E-state index contributed by atoms with van der Waals surface area (Å²) < 4.78 is 12.3. The van der Waals surface area contributed by atoms with Gasteiger partial charge >= 0.3 is 5.97 Å². The molecule has 0 bridgehead atoms. The largest absolute Gasteiger partial charge is 0.461 e. The van der Waals surface area contributed by atoms with Crippen molar-refractivity contribution in [2.24, 2.45) is 5.92 Å². The Kier molecular flexibility index (Phi) is 5.85. The van der Waals surface area contributed by atoms with Crippen molar-refractivity contribution >= 4 is 5.97 Å². The molecule has 0 aromatic carbocycles. The Labute approximate surface area is 108 Å². The predicted octanol–water partition coefficient (Wildman–Crippen LogP) is 2.29. The summed E-state index contributed by atoms with van der Waals surface area (Å²) in [5.74, 6) is 0.0240. The van der Waals surface area contributed by atoms with Gasteiger partial charge in [-0.1, -0.05) is 13.8 Å². The summed E-state index contributed by atoms with van der Waals surface area (Å²) in [6, 6.07) is 0.181. The van der Waals surface area contributed by atoms with Gasteiger partial charge in [-0.25, -0.2) is 9.78 Å². The first-order valence-electron chi connectivity index (χ1n) is 6.38. The van der Waals surface area contributed by atoms with E-state index in [-0.39, 0.29) is 12.0 Å². The van der Waals surface area contributed by atoms with Gasteiger partial charge in [0.05, 0.1) is 25.6 Å². The van der Waals surface area contributed by atoms with E-state index in [2.05, 4.69) is 18.8 Å². The number of esters is 1. The minimum absolute atomic E-state index is 0.181. The van der Waals surface area contributed by atoms with E-state index < -0.39 is 0 Å². The molecule has 102 valence electrons. The third-order valence-electron chi connectivity index (χ3n) is 2.73. The molecule has 0 fully saturated rings. The maximum absolute atomic E-state index is 11.5. The highest BCUT2D eigenvalue weighted by Crippen LogP contribution is 2.18. The highest BCUT2D eigenvalue weighted by molar-refractivity contribution is 5.86. The molecule has 0 aliphatic carbocycles. The average molecular weight is 254 g/mol. The lowest BCUT2D eigenvalue weighted by molar-refractivity contribution is 0.0519. The lowest BCUT2D eigenvalue weighted by Gasteiger charge is -2.21. The lowest BCUT2D eigenvalue weighted by Crippen LogP contribution is -2.20. The minimum atomic E-state index is -0.379. The normalized spacial score (nSPS) is 12.7. The molecule has 1 rings (SSSR count). The molecular weight excluding hydrogens is 232 g/mol. The molecule has 1 aromatic heterocycles. The molecule has 0 radical (unpaired) electrons. The number of aromatic nitrogens is 2. The number of rotatable bonds is 7. The molecule has 5 nitrogen and oxygen atoms in total. The van der Waals surface area contributed by atoms with Crippen molar-refractivity contribution in [1.29, 1.82) is 0 Å². The van der Waals surface area contributed by atoms with Crippen LogP contribution in [0.5, 0.6) is 0 Å². The Hall–Kier alpha value is -1.36. The summed E-state index contributed by atoms with van der Waals surface area (Å²) in [5, 5.41) is 0. The standard InChI is InChI=1S/C13H22N2O3/c1-5-17-8-12(10(3)4)15-7-11(14-9-15)13(16)18-6-2/h7,9-10,12H,5-6,8H2,1-4H3. The Bertz CT molecular complexity index is 374. The molecule has 0 amide bonds. The van der Waals surface area contributed by atoms with Crippen LogP contribution in [0.15, 0.2) is 12.5 Å². The van der Waals surface area contributed by atoms with Gasteiger partial charge in [-0.3, -0.25) is 0 Å². The summed E-state index contributed by atoms with van der Waals surface area (Å²) in [5.41, 5.74) is 0.346. The molecular formula is C13H22N2O3. The molecule has 1 aromatic rings. The van der Waals surface area contributed by atoms with Gasteiger partial charge in [0.1, 0.15) is 0 Å². The predicted molar refractivity (Wildman–Crippen MR) is 68.6 cm³/mol. The molecule has 1 heterocycles. The first kappa shape index (κ1) is 14.7. The van der Waals surface area contributed by atoms with Crippen LogP contribution in [0.25, 0.3) is 0 Å². The molecule has 0 N–H and O–H groups in total. The summed E-state index contributed by atoms with van der Waals surface area (Å²) >= 11 is 0. The average Bonchev–Trinajstić information content (AvgIpc) is 2.79. The van der Waals surface area contributed by atoms with Crippen LogP contribution in [0, 0.1) is 5.92 Å². The second-order valence-corrected chi connectivity index (χ2v) is 4.40. The molecule has 0 aliphatic rings. The molecule has 0 saturated carbocycles. The van der Waals surface area contributed by atoms with Crippen molar-refractivity contribution in [1.82, 2.24) is 9.55 Å².